The van der Waals surface area contributed by atoms with Crippen molar-refractivity contribution in [3.63, 3.8) is 0 Å². The maximum absolute atomic E-state index is 13.5. The predicted molar refractivity (Wildman–Crippen MR) is 126 cm³/mol. The SMILES string of the molecule is O=c1c2ccccc2c2ccccc2n1Cc1cccc2c1ccc1ccccc12. The van der Waals surface area contributed by atoms with Gasteiger partial charge < -0.3 is 4.57 Å². The van der Waals surface area contributed by atoms with Crippen LogP contribution in [0.25, 0.3) is 43.2 Å². The van der Waals surface area contributed by atoms with Crippen LogP contribution >= 0.6 is 0 Å². The molecule has 0 fully saturated rings. The number of para-hydroxylation sites is 1. The fourth-order valence-electron chi connectivity index (χ4n) is 4.67. The average Bonchev–Trinajstić information content (AvgIpc) is 2.81. The number of benzene rings is 5. The van der Waals surface area contributed by atoms with Gasteiger partial charge in [0.15, 0.2) is 0 Å². The molecular formula is C28H19NO. The van der Waals surface area contributed by atoms with Gasteiger partial charge in [0, 0.05) is 10.8 Å². The molecule has 0 aliphatic carbocycles. The monoisotopic (exact) mass is 385 g/mol. The van der Waals surface area contributed by atoms with Crippen LogP contribution in [0.3, 0.4) is 0 Å². The van der Waals surface area contributed by atoms with Gasteiger partial charge in [-0.25, -0.2) is 0 Å². The van der Waals surface area contributed by atoms with Crippen LogP contribution in [-0.2, 0) is 6.54 Å². The molecule has 1 aromatic heterocycles. The van der Waals surface area contributed by atoms with E-state index in [1.807, 2.05) is 47.0 Å². The molecule has 6 rings (SSSR count). The normalized spacial score (nSPS) is 11.6. The van der Waals surface area contributed by atoms with E-state index < -0.39 is 0 Å². The van der Waals surface area contributed by atoms with Crippen LogP contribution in [0.2, 0.25) is 0 Å². The topological polar surface area (TPSA) is 22.0 Å². The van der Waals surface area contributed by atoms with E-state index in [4.69, 9.17) is 0 Å². The lowest BCUT2D eigenvalue weighted by molar-refractivity contribution is 0.808. The molecule has 0 saturated carbocycles. The van der Waals surface area contributed by atoms with Gasteiger partial charge in [-0.05, 0) is 44.6 Å². The van der Waals surface area contributed by atoms with Gasteiger partial charge in [-0.15, -0.1) is 0 Å². The standard InChI is InChI=1S/C28H19NO/c30-28-26-13-4-3-11-24(26)25-12-5-6-15-27(25)29(28)18-20-9-7-14-23-21-10-2-1-8-19(21)16-17-22(20)23/h1-17H,18H2. The third-order valence-corrected chi connectivity index (χ3v) is 6.09. The lowest BCUT2D eigenvalue weighted by Gasteiger charge is -2.15. The zero-order valence-corrected chi connectivity index (χ0v) is 16.4. The quantitative estimate of drug-likeness (QED) is 0.311. The highest BCUT2D eigenvalue weighted by Crippen LogP contribution is 2.29. The maximum Gasteiger partial charge on any atom is 0.259 e. The maximum atomic E-state index is 13.5. The van der Waals surface area contributed by atoms with Gasteiger partial charge in [-0.3, -0.25) is 4.79 Å². The number of rotatable bonds is 2. The van der Waals surface area contributed by atoms with E-state index >= 15 is 0 Å². The summed E-state index contributed by atoms with van der Waals surface area (Å²) < 4.78 is 1.92. The van der Waals surface area contributed by atoms with E-state index in [1.165, 1.54) is 21.5 Å². The summed E-state index contributed by atoms with van der Waals surface area (Å²) in [7, 11) is 0. The summed E-state index contributed by atoms with van der Waals surface area (Å²) in [5, 5.41) is 7.78. The molecule has 0 atom stereocenters. The zero-order valence-electron chi connectivity index (χ0n) is 16.4. The molecule has 0 aliphatic rings. The van der Waals surface area contributed by atoms with Crippen LogP contribution < -0.4 is 5.56 Å². The van der Waals surface area contributed by atoms with Gasteiger partial charge >= 0.3 is 0 Å². The van der Waals surface area contributed by atoms with Crippen LogP contribution in [0, 0.1) is 0 Å². The van der Waals surface area contributed by atoms with Gasteiger partial charge in [-0.1, -0.05) is 91.0 Å². The highest BCUT2D eigenvalue weighted by Gasteiger charge is 2.12. The molecule has 0 radical (unpaired) electrons. The second kappa shape index (κ2) is 6.57. The molecule has 30 heavy (non-hydrogen) atoms. The summed E-state index contributed by atoms with van der Waals surface area (Å²) in [5.41, 5.74) is 2.18. The van der Waals surface area contributed by atoms with Crippen molar-refractivity contribution in [2.45, 2.75) is 6.54 Å². The Labute approximate surface area is 173 Å². The summed E-state index contributed by atoms with van der Waals surface area (Å²) >= 11 is 0. The van der Waals surface area contributed by atoms with Crippen LogP contribution in [0.5, 0.6) is 0 Å². The Bertz CT molecular complexity index is 1640. The largest absolute Gasteiger partial charge is 0.303 e. The lowest BCUT2D eigenvalue weighted by atomic mass is 9.98. The number of hydrogen-bond donors (Lipinski definition) is 0. The van der Waals surface area contributed by atoms with Gasteiger partial charge in [-0.2, -0.15) is 0 Å². The zero-order chi connectivity index (χ0) is 20.1. The van der Waals surface area contributed by atoms with Gasteiger partial charge in [0.05, 0.1) is 12.1 Å². The number of hydrogen-bond acceptors (Lipinski definition) is 1. The first kappa shape index (κ1) is 17.0. The van der Waals surface area contributed by atoms with E-state index in [-0.39, 0.29) is 5.56 Å². The first-order valence-corrected chi connectivity index (χ1v) is 10.2. The third kappa shape index (κ3) is 2.47. The van der Waals surface area contributed by atoms with Crippen LogP contribution in [0.1, 0.15) is 5.56 Å². The van der Waals surface area contributed by atoms with E-state index in [0.29, 0.717) is 6.54 Å². The van der Waals surface area contributed by atoms with Crippen LogP contribution in [0.4, 0.5) is 0 Å². The molecule has 0 bridgehead atoms. The van der Waals surface area contributed by atoms with Crippen molar-refractivity contribution in [3.8, 4) is 0 Å². The van der Waals surface area contributed by atoms with E-state index in [0.717, 1.165) is 27.2 Å². The summed E-state index contributed by atoms with van der Waals surface area (Å²) in [5.74, 6) is 0. The fourth-order valence-corrected chi connectivity index (χ4v) is 4.67. The lowest BCUT2D eigenvalue weighted by Crippen LogP contribution is -2.21. The minimum Gasteiger partial charge on any atom is -0.303 e. The fraction of sp³-hybridized carbons (Fsp3) is 0.0357. The number of fused-ring (bicyclic) bond motifs is 6. The van der Waals surface area contributed by atoms with Crippen molar-refractivity contribution in [1.82, 2.24) is 4.57 Å². The Morgan fingerprint density at radius 1 is 0.500 bits per heavy atom. The van der Waals surface area contributed by atoms with E-state index in [2.05, 4.69) is 60.7 Å². The van der Waals surface area contributed by atoms with Crippen molar-refractivity contribution >= 4 is 43.2 Å². The first-order chi connectivity index (χ1) is 14.8. The number of aromatic nitrogens is 1. The molecule has 2 nitrogen and oxygen atoms in total. The number of pyridine rings is 1. The van der Waals surface area contributed by atoms with Crippen LogP contribution in [0.15, 0.2) is 108 Å². The minimum atomic E-state index is 0.0575. The van der Waals surface area contributed by atoms with E-state index in [1.54, 1.807) is 0 Å². The highest BCUT2D eigenvalue weighted by molar-refractivity contribution is 6.09. The minimum absolute atomic E-state index is 0.0575. The van der Waals surface area contributed by atoms with Crippen LogP contribution in [-0.4, -0.2) is 4.57 Å². The smallest absolute Gasteiger partial charge is 0.259 e. The van der Waals surface area contributed by atoms with Crippen molar-refractivity contribution in [2.75, 3.05) is 0 Å². The van der Waals surface area contributed by atoms with Crippen molar-refractivity contribution in [1.29, 1.82) is 0 Å². The molecule has 0 unspecified atom stereocenters. The summed E-state index contributed by atoms with van der Waals surface area (Å²) in [6, 6.07) is 35.3. The molecule has 0 spiro atoms. The highest BCUT2D eigenvalue weighted by atomic mass is 16.1. The van der Waals surface area contributed by atoms with Crippen molar-refractivity contribution in [3.05, 3.63) is 119 Å². The Balaban J connectivity index is 1.65. The van der Waals surface area contributed by atoms with Gasteiger partial charge in [0.2, 0.25) is 0 Å². The second-order valence-electron chi connectivity index (χ2n) is 7.75. The van der Waals surface area contributed by atoms with Gasteiger partial charge in [0.1, 0.15) is 0 Å². The molecule has 0 N–H and O–H groups in total. The van der Waals surface area contributed by atoms with Gasteiger partial charge in [0.25, 0.3) is 5.56 Å². The Kier molecular flexibility index (Phi) is 3.72. The summed E-state index contributed by atoms with van der Waals surface area (Å²) in [6.45, 7) is 0.542. The molecule has 0 aliphatic heterocycles. The summed E-state index contributed by atoms with van der Waals surface area (Å²) in [6.07, 6.45) is 0. The molecule has 142 valence electrons. The molecule has 2 heteroatoms. The molecule has 6 aromatic rings. The Morgan fingerprint density at radius 2 is 1.13 bits per heavy atom. The molecule has 0 saturated heterocycles. The average molecular weight is 385 g/mol. The number of nitrogens with zero attached hydrogens (tertiary/aromatic N) is 1. The molecular weight excluding hydrogens is 366 g/mol. The summed E-state index contributed by atoms with van der Waals surface area (Å²) in [4.78, 5) is 13.5. The third-order valence-electron chi connectivity index (χ3n) is 6.09. The van der Waals surface area contributed by atoms with E-state index in [9.17, 15) is 4.79 Å². The molecule has 0 amide bonds. The second-order valence-corrected chi connectivity index (χ2v) is 7.75. The first-order valence-electron chi connectivity index (χ1n) is 10.2. The molecule has 5 aromatic carbocycles. The molecule has 1 heterocycles. The van der Waals surface area contributed by atoms with Crippen molar-refractivity contribution < 1.29 is 0 Å². The Hall–Kier alpha value is -3.91. The Morgan fingerprint density at radius 3 is 2.00 bits per heavy atom. The predicted octanol–water partition coefficient (Wildman–Crippen LogP) is 6.51. The van der Waals surface area contributed by atoms with Crippen molar-refractivity contribution in [2.24, 2.45) is 0 Å².